The van der Waals surface area contributed by atoms with Gasteiger partial charge in [-0.15, -0.1) is 0 Å². The minimum Gasteiger partial charge on any atom is -0.466 e. The molecule has 6 nitrogen and oxygen atoms in total. The highest BCUT2D eigenvalue weighted by Crippen LogP contribution is 2.19. The summed E-state index contributed by atoms with van der Waals surface area (Å²) in [5.74, 6) is -0.0225. The van der Waals surface area contributed by atoms with Gasteiger partial charge in [-0.1, -0.05) is 341 Å². The average molecular weight is 1060 g/mol. The van der Waals surface area contributed by atoms with Gasteiger partial charge in [0.05, 0.1) is 25.4 Å². The number of aliphatic hydroxyl groups is 2. The van der Waals surface area contributed by atoms with Gasteiger partial charge < -0.3 is 20.3 Å². The van der Waals surface area contributed by atoms with Crippen molar-refractivity contribution in [2.24, 2.45) is 0 Å². The first-order valence-corrected chi connectivity index (χ1v) is 34.4. The number of hydrogen-bond acceptors (Lipinski definition) is 5. The van der Waals surface area contributed by atoms with Crippen LogP contribution in [0, 0.1) is 0 Å². The molecule has 6 heteroatoms. The van der Waals surface area contributed by atoms with Gasteiger partial charge in [0.25, 0.3) is 0 Å². The smallest absolute Gasteiger partial charge is 0.305 e. The summed E-state index contributed by atoms with van der Waals surface area (Å²) < 4.78 is 5.51. The van der Waals surface area contributed by atoms with Crippen LogP contribution in [0.2, 0.25) is 0 Å². The van der Waals surface area contributed by atoms with Gasteiger partial charge in [-0.05, 0) is 51.4 Å². The predicted molar refractivity (Wildman–Crippen MR) is 329 cm³/mol. The highest BCUT2D eigenvalue weighted by atomic mass is 16.5. The Kier molecular flexibility index (Phi) is 63.9. The second kappa shape index (κ2) is 65.1. The quantitative estimate of drug-likeness (QED) is 0.0320. The topological polar surface area (TPSA) is 95.9 Å². The molecule has 0 aliphatic heterocycles. The van der Waals surface area contributed by atoms with Gasteiger partial charge in [-0.3, -0.25) is 9.59 Å². The summed E-state index contributed by atoms with van der Waals surface area (Å²) in [6, 6.07) is -0.546. The Morgan fingerprint density at radius 3 is 0.947 bits per heavy atom. The van der Waals surface area contributed by atoms with E-state index in [-0.39, 0.29) is 18.5 Å². The van der Waals surface area contributed by atoms with Gasteiger partial charge in [0, 0.05) is 12.8 Å². The summed E-state index contributed by atoms with van der Waals surface area (Å²) in [7, 11) is 0. The maximum absolute atomic E-state index is 12.5. The van der Waals surface area contributed by atoms with Gasteiger partial charge in [0.1, 0.15) is 0 Å². The molecule has 0 radical (unpaired) electrons. The SMILES string of the molecule is CCCCCCCCCCCCCCCCCCCCC(=O)OCCCCCCCCCCCCC/C=C\CCCCCCCCCC(=O)NC(CO)C(O)CCCCCCCCCCCCCCCCCCCC. The predicted octanol–water partition coefficient (Wildman–Crippen LogP) is 22.0. The van der Waals surface area contributed by atoms with Crippen LogP contribution in [0.4, 0.5) is 0 Å². The maximum Gasteiger partial charge on any atom is 0.305 e. The lowest BCUT2D eigenvalue weighted by Gasteiger charge is -2.22. The number of rotatable bonds is 65. The fourth-order valence-corrected chi connectivity index (χ4v) is 11.1. The summed E-state index contributed by atoms with van der Waals surface area (Å²) in [6.07, 6.45) is 79.6. The van der Waals surface area contributed by atoms with Crippen molar-refractivity contribution >= 4 is 11.9 Å². The highest BCUT2D eigenvalue weighted by molar-refractivity contribution is 5.76. The van der Waals surface area contributed by atoms with E-state index in [1.54, 1.807) is 0 Å². The molecule has 0 bridgehead atoms. The summed E-state index contributed by atoms with van der Waals surface area (Å²) in [5.41, 5.74) is 0. The van der Waals surface area contributed by atoms with Crippen molar-refractivity contribution in [1.29, 1.82) is 0 Å². The molecule has 2 atom stereocenters. The van der Waals surface area contributed by atoms with Gasteiger partial charge in [0.15, 0.2) is 0 Å². The lowest BCUT2D eigenvalue weighted by molar-refractivity contribution is -0.143. The number of hydrogen-bond donors (Lipinski definition) is 3. The fraction of sp³-hybridized carbons (Fsp3) is 0.942. The van der Waals surface area contributed by atoms with Crippen LogP contribution in [-0.4, -0.2) is 47.4 Å². The number of allylic oxidation sites excluding steroid dienone is 2. The zero-order valence-electron chi connectivity index (χ0n) is 51.1. The first-order chi connectivity index (χ1) is 37.0. The Labute approximate surface area is 469 Å². The molecule has 0 aromatic rings. The van der Waals surface area contributed by atoms with Crippen LogP contribution in [0.3, 0.4) is 0 Å². The van der Waals surface area contributed by atoms with Crippen molar-refractivity contribution in [1.82, 2.24) is 5.32 Å². The van der Waals surface area contributed by atoms with Crippen LogP contribution in [-0.2, 0) is 14.3 Å². The Bertz CT molecular complexity index is 1130. The third kappa shape index (κ3) is 61.7. The average Bonchev–Trinajstić information content (AvgIpc) is 3.41. The molecule has 0 aliphatic rings. The standard InChI is InChI=1S/C69H135NO5/c1-3-5-7-9-11-13-15-17-19-21-29-33-37-41-45-49-53-57-61-67(72)66(65-71)70-68(73)62-58-54-50-46-42-38-34-30-27-25-23-24-26-28-32-36-40-44-48-52-56-60-64-75-69(74)63-59-55-51-47-43-39-35-31-22-20-18-16-14-12-10-8-6-4-2/h25,27,66-67,71-72H,3-24,26,28-65H2,1-2H3,(H,70,73)/b27-25-. The molecule has 0 rings (SSSR count). The number of carbonyl (C=O) groups excluding carboxylic acids is 2. The summed E-state index contributed by atoms with van der Waals surface area (Å²) in [4.78, 5) is 24.6. The minimum atomic E-state index is -0.669. The molecule has 1 amide bonds. The first kappa shape index (κ1) is 73.6. The lowest BCUT2D eigenvalue weighted by Crippen LogP contribution is -2.45. The number of amides is 1. The van der Waals surface area contributed by atoms with Gasteiger partial charge >= 0.3 is 5.97 Å². The van der Waals surface area contributed by atoms with Crippen molar-refractivity contribution in [2.75, 3.05) is 13.2 Å². The molecule has 3 N–H and O–H groups in total. The molecule has 0 aromatic heterocycles. The Morgan fingerprint density at radius 1 is 0.360 bits per heavy atom. The number of aliphatic hydroxyl groups excluding tert-OH is 2. The van der Waals surface area contributed by atoms with E-state index in [0.29, 0.717) is 25.9 Å². The van der Waals surface area contributed by atoms with Crippen LogP contribution < -0.4 is 5.32 Å². The van der Waals surface area contributed by atoms with E-state index >= 15 is 0 Å². The molecule has 0 aromatic carbocycles. The third-order valence-corrected chi connectivity index (χ3v) is 16.3. The van der Waals surface area contributed by atoms with Crippen molar-refractivity contribution in [3.8, 4) is 0 Å². The number of esters is 1. The third-order valence-electron chi connectivity index (χ3n) is 16.3. The second-order valence-corrected chi connectivity index (χ2v) is 23.9. The number of ether oxygens (including phenoxy) is 1. The van der Waals surface area contributed by atoms with Gasteiger partial charge in [-0.2, -0.15) is 0 Å². The van der Waals surface area contributed by atoms with E-state index in [1.807, 2.05) is 0 Å². The van der Waals surface area contributed by atoms with Gasteiger partial charge in [-0.25, -0.2) is 0 Å². The summed E-state index contributed by atoms with van der Waals surface area (Å²) >= 11 is 0. The first-order valence-electron chi connectivity index (χ1n) is 34.4. The van der Waals surface area contributed by atoms with Crippen molar-refractivity contribution in [3.05, 3.63) is 12.2 Å². The summed E-state index contributed by atoms with van der Waals surface area (Å²) in [5, 5.41) is 23.4. The number of unbranched alkanes of at least 4 members (excludes halogenated alkanes) is 52. The minimum absolute atomic E-state index is 0.0155. The molecule has 446 valence electrons. The van der Waals surface area contributed by atoms with E-state index in [9.17, 15) is 19.8 Å². The fourth-order valence-electron chi connectivity index (χ4n) is 11.1. The van der Waals surface area contributed by atoms with Crippen LogP contribution >= 0.6 is 0 Å². The van der Waals surface area contributed by atoms with Crippen LogP contribution in [0.5, 0.6) is 0 Å². The van der Waals surface area contributed by atoms with E-state index in [4.69, 9.17) is 4.74 Å². The maximum atomic E-state index is 12.5. The molecular formula is C69H135NO5. The second-order valence-electron chi connectivity index (χ2n) is 23.9. The molecule has 0 fully saturated rings. The monoisotopic (exact) mass is 1060 g/mol. The summed E-state index contributed by atoms with van der Waals surface area (Å²) in [6.45, 7) is 4.99. The normalized spacial score (nSPS) is 12.5. The van der Waals surface area contributed by atoms with Crippen molar-refractivity contribution < 1.29 is 24.5 Å². The van der Waals surface area contributed by atoms with Crippen LogP contribution in [0.25, 0.3) is 0 Å². The molecule has 0 saturated heterocycles. The molecule has 0 heterocycles. The van der Waals surface area contributed by atoms with Gasteiger partial charge in [0.2, 0.25) is 5.91 Å². The Balaban J connectivity index is 3.39. The van der Waals surface area contributed by atoms with E-state index < -0.39 is 12.1 Å². The zero-order chi connectivity index (χ0) is 54.3. The van der Waals surface area contributed by atoms with E-state index in [0.717, 1.165) is 38.5 Å². The molecular weight excluding hydrogens is 923 g/mol. The van der Waals surface area contributed by atoms with Crippen molar-refractivity contribution in [2.45, 2.75) is 405 Å². The Morgan fingerprint density at radius 2 is 0.627 bits per heavy atom. The highest BCUT2D eigenvalue weighted by Gasteiger charge is 2.20. The molecule has 0 aliphatic carbocycles. The zero-order valence-corrected chi connectivity index (χ0v) is 51.1. The lowest BCUT2D eigenvalue weighted by atomic mass is 10.0. The van der Waals surface area contributed by atoms with E-state index in [2.05, 4.69) is 31.3 Å². The Hall–Kier alpha value is -1.40. The molecule has 75 heavy (non-hydrogen) atoms. The van der Waals surface area contributed by atoms with Crippen LogP contribution in [0.15, 0.2) is 12.2 Å². The van der Waals surface area contributed by atoms with E-state index in [1.165, 1.54) is 321 Å². The largest absolute Gasteiger partial charge is 0.466 e. The number of nitrogens with one attached hydrogen (secondary N) is 1. The molecule has 0 saturated carbocycles. The van der Waals surface area contributed by atoms with Crippen molar-refractivity contribution in [3.63, 3.8) is 0 Å². The van der Waals surface area contributed by atoms with Crippen LogP contribution in [0.1, 0.15) is 393 Å². The number of carbonyl (C=O) groups is 2. The molecule has 0 spiro atoms. The molecule has 2 unspecified atom stereocenters.